The molecule has 0 saturated carbocycles. The highest BCUT2D eigenvalue weighted by molar-refractivity contribution is 7.89. The molecule has 9 heteroatoms. The molecule has 0 radical (unpaired) electrons. The van der Waals surface area contributed by atoms with Crippen molar-refractivity contribution in [3.63, 3.8) is 0 Å². The summed E-state index contributed by atoms with van der Waals surface area (Å²) in [6, 6.07) is 3.57. The fourth-order valence-electron chi connectivity index (χ4n) is 2.37. The molecule has 1 rings (SSSR count). The second kappa shape index (κ2) is 9.00. The Balaban J connectivity index is 3.30. The van der Waals surface area contributed by atoms with Crippen LogP contribution in [0.25, 0.3) is 0 Å². The average molecular weight is 386 g/mol. The normalized spacial score (nSPS) is 11.7. The zero-order valence-electron chi connectivity index (χ0n) is 15.6. The van der Waals surface area contributed by atoms with E-state index in [9.17, 15) is 18.0 Å². The summed E-state index contributed by atoms with van der Waals surface area (Å²) in [6.07, 6.45) is -0.194. The fourth-order valence-corrected chi connectivity index (χ4v) is 3.82. The van der Waals surface area contributed by atoms with Gasteiger partial charge in [0.2, 0.25) is 10.0 Å². The van der Waals surface area contributed by atoms with Gasteiger partial charge in [-0.2, -0.15) is 0 Å². The van der Waals surface area contributed by atoms with E-state index in [1.807, 2.05) is 0 Å². The van der Waals surface area contributed by atoms with Gasteiger partial charge >= 0.3 is 5.97 Å². The summed E-state index contributed by atoms with van der Waals surface area (Å²) in [5.41, 5.74) is 0.147. The van der Waals surface area contributed by atoms with Gasteiger partial charge in [0.15, 0.2) is 0 Å². The van der Waals surface area contributed by atoms with Gasteiger partial charge in [-0.05, 0) is 45.9 Å². The van der Waals surface area contributed by atoms with Crippen molar-refractivity contribution in [3.05, 3.63) is 23.8 Å². The molecule has 0 atom stereocenters. The van der Waals surface area contributed by atoms with Gasteiger partial charge in [-0.3, -0.25) is 9.59 Å². The lowest BCUT2D eigenvalue weighted by Crippen LogP contribution is -2.38. The number of amides is 1. The van der Waals surface area contributed by atoms with Crippen LogP contribution in [0.5, 0.6) is 5.75 Å². The molecule has 0 saturated heterocycles. The molecule has 0 aliphatic rings. The number of aliphatic carboxylic acids is 1. The first kappa shape index (κ1) is 21.9. The quantitative estimate of drug-likeness (QED) is 0.668. The van der Waals surface area contributed by atoms with Crippen molar-refractivity contribution in [1.29, 1.82) is 0 Å². The smallest absolute Gasteiger partial charge is 0.305 e. The van der Waals surface area contributed by atoms with Crippen LogP contribution in [0.4, 0.5) is 0 Å². The number of nitrogens with zero attached hydrogens (tertiary/aromatic N) is 1. The highest BCUT2D eigenvalue weighted by atomic mass is 32.2. The third-order valence-electron chi connectivity index (χ3n) is 3.54. The predicted octanol–water partition coefficient (Wildman–Crippen LogP) is 1.71. The number of carboxylic acids is 1. The van der Waals surface area contributed by atoms with Crippen LogP contribution in [0, 0.1) is 0 Å². The van der Waals surface area contributed by atoms with Gasteiger partial charge in [-0.1, -0.05) is 0 Å². The molecular weight excluding hydrogens is 360 g/mol. The highest BCUT2D eigenvalue weighted by Gasteiger charge is 2.25. The van der Waals surface area contributed by atoms with Crippen LogP contribution >= 0.6 is 0 Å². The van der Waals surface area contributed by atoms with Crippen LogP contribution in [-0.2, 0) is 14.8 Å². The summed E-state index contributed by atoms with van der Waals surface area (Å²) in [5.74, 6) is -1.33. The third kappa shape index (κ3) is 5.70. The first-order valence-electron chi connectivity index (χ1n) is 8.22. The minimum atomic E-state index is -3.87. The Morgan fingerprint density at radius 3 is 2.31 bits per heavy atom. The number of carbonyl (C=O) groups is 2. The first-order chi connectivity index (χ1) is 12.0. The molecule has 146 valence electrons. The number of carboxylic acid groups (broad SMARTS) is 1. The highest BCUT2D eigenvalue weighted by Crippen LogP contribution is 2.26. The number of rotatable bonds is 9. The lowest BCUT2D eigenvalue weighted by Gasteiger charge is -2.26. The molecule has 1 aromatic carbocycles. The number of sulfonamides is 1. The minimum absolute atomic E-state index is 0.0319. The van der Waals surface area contributed by atoms with E-state index in [0.717, 1.165) is 0 Å². The van der Waals surface area contributed by atoms with Crippen molar-refractivity contribution in [2.45, 2.75) is 51.1 Å². The number of ether oxygens (including phenoxy) is 1. The summed E-state index contributed by atoms with van der Waals surface area (Å²) >= 11 is 0. The zero-order valence-corrected chi connectivity index (χ0v) is 16.5. The maximum atomic E-state index is 12.8. The van der Waals surface area contributed by atoms with Gasteiger partial charge < -0.3 is 14.7 Å². The van der Waals surface area contributed by atoms with E-state index in [1.165, 1.54) is 30.2 Å². The van der Waals surface area contributed by atoms with Gasteiger partial charge in [0.05, 0.1) is 13.5 Å². The number of carbonyl (C=O) groups excluding carboxylic acids is 1. The summed E-state index contributed by atoms with van der Waals surface area (Å²) in [5, 5.41) is 8.86. The van der Waals surface area contributed by atoms with Crippen molar-refractivity contribution < 1.29 is 27.9 Å². The lowest BCUT2D eigenvalue weighted by molar-refractivity contribution is -0.137. The topological polar surface area (TPSA) is 113 Å². The Morgan fingerprint density at radius 1 is 1.23 bits per heavy atom. The van der Waals surface area contributed by atoms with Crippen LogP contribution in [0.3, 0.4) is 0 Å². The number of methoxy groups -OCH3 is 1. The average Bonchev–Trinajstić information content (AvgIpc) is 2.52. The summed E-state index contributed by atoms with van der Waals surface area (Å²) in [6.45, 7) is 6.93. The molecule has 0 aliphatic carbocycles. The molecule has 26 heavy (non-hydrogen) atoms. The minimum Gasteiger partial charge on any atom is -0.495 e. The van der Waals surface area contributed by atoms with E-state index < -0.39 is 21.9 Å². The molecule has 0 unspecified atom stereocenters. The van der Waals surface area contributed by atoms with Crippen LogP contribution in [-0.4, -0.2) is 56.0 Å². The van der Waals surface area contributed by atoms with E-state index >= 15 is 0 Å². The van der Waals surface area contributed by atoms with Gasteiger partial charge in [0, 0.05) is 24.2 Å². The zero-order chi connectivity index (χ0) is 20.1. The molecule has 0 aliphatic heterocycles. The Kier molecular flexibility index (Phi) is 7.58. The SMILES string of the molecule is COc1ccc(C(=O)N(CCC(=O)O)C(C)C)cc1S(=O)(=O)NC(C)C. The van der Waals surface area contributed by atoms with Gasteiger partial charge in [-0.25, -0.2) is 13.1 Å². The van der Waals surface area contributed by atoms with Crippen molar-refractivity contribution in [2.75, 3.05) is 13.7 Å². The Hall–Kier alpha value is -2.13. The molecule has 0 aromatic heterocycles. The summed E-state index contributed by atoms with van der Waals surface area (Å²) < 4.78 is 32.6. The molecular formula is C17H26N2O6S. The maximum Gasteiger partial charge on any atom is 0.305 e. The van der Waals surface area contributed by atoms with Crippen molar-refractivity contribution >= 4 is 21.9 Å². The van der Waals surface area contributed by atoms with E-state index in [0.29, 0.717) is 0 Å². The van der Waals surface area contributed by atoms with Crippen molar-refractivity contribution in [3.8, 4) is 5.75 Å². The monoisotopic (exact) mass is 386 g/mol. The summed E-state index contributed by atoms with van der Waals surface area (Å²) in [7, 11) is -2.52. The van der Waals surface area contributed by atoms with Crippen LogP contribution < -0.4 is 9.46 Å². The van der Waals surface area contributed by atoms with Crippen LogP contribution in [0.2, 0.25) is 0 Å². The van der Waals surface area contributed by atoms with Gasteiger partial charge in [0.1, 0.15) is 10.6 Å². The first-order valence-corrected chi connectivity index (χ1v) is 9.71. The molecule has 1 amide bonds. The molecule has 0 fully saturated rings. The largest absolute Gasteiger partial charge is 0.495 e. The van der Waals surface area contributed by atoms with Crippen LogP contribution in [0.15, 0.2) is 23.1 Å². The second-order valence-corrected chi connectivity index (χ2v) is 8.06. The van der Waals surface area contributed by atoms with Crippen molar-refractivity contribution in [2.24, 2.45) is 0 Å². The lowest BCUT2D eigenvalue weighted by atomic mass is 10.1. The second-order valence-electron chi connectivity index (χ2n) is 6.38. The van der Waals surface area contributed by atoms with Crippen molar-refractivity contribution in [1.82, 2.24) is 9.62 Å². The summed E-state index contributed by atoms with van der Waals surface area (Å²) in [4.78, 5) is 24.8. The number of hydrogen-bond acceptors (Lipinski definition) is 5. The molecule has 0 heterocycles. The fraction of sp³-hybridized carbons (Fsp3) is 0.529. The van der Waals surface area contributed by atoms with Crippen LogP contribution in [0.1, 0.15) is 44.5 Å². The number of nitrogens with one attached hydrogen (secondary N) is 1. The maximum absolute atomic E-state index is 12.8. The number of benzene rings is 1. The van der Waals surface area contributed by atoms with E-state index in [2.05, 4.69) is 4.72 Å². The standard InChI is InChI=1S/C17H26N2O6S/c1-11(2)18-26(23,24)15-10-13(6-7-14(15)25-5)17(22)19(12(3)4)9-8-16(20)21/h6-7,10-12,18H,8-9H2,1-5H3,(H,20,21). The van der Waals surface area contributed by atoms with E-state index in [-0.39, 0.29) is 41.3 Å². The predicted molar refractivity (Wildman–Crippen MR) is 96.9 cm³/mol. The Bertz CT molecular complexity index is 759. The molecule has 1 aromatic rings. The molecule has 2 N–H and O–H groups in total. The molecule has 0 spiro atoms. The molecule has 0 bridgehead atoms. The van der Waals surface area contributed by atoms with E-state index in [1.54, 1.807) is 27.7 Å². The Morgan fingerprint density at radius 2 is 1.85 bits per heavy atom. The van der Waals surface area contributed by atoms with Gasteiger partial charge in [-0.15, -0.1) is 0 Å². The molecule has 8 nitrogen and oxygen atoms in total. The third-order valence-corrected chi connectivity index (χ3v) is 5.22. The van der Waals surface area contributed by atoms with E-state index in [4.69, 9.17) is 9.84 Å². The number of hydrogen-bond donors (Lipinski definition) is 2. The van der Waals surface area contributed by atoms with Gasteiger partial charge in [0.25, 0.3) is 5.91 Å². The Labute approximate surface area is 154 Å².